The second kappa shape index (κ2) is 7.52. The molecule has 4 atom stereocenters. The van der Waals surface area contributed by atoms with Gasteiger partial charge in [-0.05, 0) is 12.1 Å². The smallest absolute Gasteiger partial charge is 0.407 e. The minimum atomic E-state index is -1.42. The Balaban J connectivity index is 1.46. The van der Waals surface area contributed by atoms with Crippen LogP contribution in [0.2, 0.25) is 0 Å². The molecule has 3 aliphatic rings. The second-order valence-corrected chi connectivity index (χ2v) is 6.97. The molecule has 29 heavy (non-hydrogen) atoms. The molecule has 158 valence electrons. The second-order valence-electron chi connectivity index (χ2n) is 6.97. The minimum absolute atomic E-state index is 0.0611. The highest BCUT2D eigenvalue weighted by atomic mass is 19.1. The number of alkyl carbamates (subject to hydrolysis) is 2. The van der Waals surface area contributed by atoms with Crippen LogP contribution in [0.25, 0.3) is 0 Å². The molecule has 10 nitrogen and oxygen atoms in total. The Kier molecular flexibility index (Phi) is 5.04. The molecule has 2 amide bonds. The number of methoxy groups -OCH3 is 1. The van der Waals surface area contributed by atoms with Crippen LogP contribution in [-0.4, -0.2) is 75.2 Å². The Morgan fingerprint density at radius 3 is 2.72 bits per heavy atom. The van der Waals surface area contributed by atoms with Crippen LogP contribution in [0.4, 0.5) is 29.7 Å². The molecule has 0 aliphatic carbocycles. The van der Waals surface area contributed by atoms with Crippen LogP contribution < -0.4 is 20.4 Å². The lowest BCUT2D eigenvalue weighted by molar-refractivity contribution is -0.0870. The molecular weight excluding hydrogens is 394 g/mol. The van der Waals surface area contributed by atoms with Crippen LogP contribution in [0.15, 0.2) is 12.1 Å². The predicted molar refractivity (Wildman–Crippen MR) is 94.4 cm³/mol. The Morgan fingerprint density at radius 2 is 2.07 bits per heavy atom. The molecule has 0 saturated carbocycles. The highest BCUT2D eigenvalue weighted by molar-refractivity contribution is 5.71. The van der Waals surface area contributed by atoms with E-state index in [9.17, 15) is 23.5 Å². The average molecular weight is 414 g/mol. The Hall–Kier alpha value is -2.86. The summed E-state index contributed by atoms with van der Waals surface area (Å²) < 4.78 is 44.3. The van der Waals surface area contributed by atoms with Crippen molar-refractivity contribution < 1.29 is 37.7 Å². The van der Waals surface area contributed by atoms with E-state index in [0.29, 0.717) is 0 Å². The van der Waals surface area contributed by atoms with Gasteiger partial charge in [-0.25, -0.2) is 18.4 Å². The van der Waals surface area contributed by atoms with E-state index < -0.39 is 42.4 Å². The fourth-order valence-electron chi connectivity index (χ4n) is 3.77. The number of nitrogens with one attached hydrogen (secondary N) is 2. The monoisotopic (exact) mass is 414 g/mol. The number of anilines is 2. The van der Waals surface area contributed by atoms with Gasteiger partial charge in [0.05, 0.1) is 32.3 Å². The fraction of sp³-hybridized carbons (Fsp3) is 0.529. The number of halogens is 2. The van der Waals surface area contributed by atoms with Gasteiger partial charge in [0.2, 0.25) is 6.41 Å². The maximum Gasteiger partial charge on any atom is 0.407 e. The van der Waals surface area contributed by atoms with E-state index in [1.165, 1.54) is 16.9 Å². The number of aliphatic hydroxyl groups excluding tert-OH is 1. The lowest BCUT2D eigenvalue weighted by Crippen LogP contribution is -2.34. The van der Waals surface area contributed by atoms with E-state index in [4.69, 9.17) is 9.47 Å². The standard InChI is InChI=1S/C17H20F2N4O6/c1-27-15(24)20-4-9-5-23(17(26)28-9)8-2-10(18)14(11(19)3-8)22-6-12-13(7-22)29-16(25)21-12/h2-3,9,12-13,17,26H,4-7H2,1H3,(H,20,24)(H,21,25)/t9-,12+,13-,17?/m0/s1. The van der Waals surface area contributed by atoms with Gasteiger partial charge in [-0.2, -0.15) is 0 Å². The van der Waals surface area contributed by atoms with Crippen molar-refractivity contribution in [1.82, 2.24) is 10.6 Å². The number of carbonyl (C=O) groups is 2. The molecule has 4 rings (SSSR count). The topological polar surface area (TPSA) is 113 Å². The third-order valence-corrected chi connectivity index (χ3v) is 5.12. The van der Waals surface area contributed by atoms with E-state index in [2.05, 4.69) is 15.4 Å². The van der Waals surface area contributed by atoms with E-state index in [-0.39, 0.29) is 43.6 Å². The van der Waals surface area contributed by atoms with Gasteiger partial charge in [0.25, 0.3) is 0 Å². The van der Waals surface area contributed by atoms with Crippen molar-refractivity contribution in [3.05, 3.63) is 23.8 Å². The number of benzene rings is 1. The number of fused-ring (bicyclic) bond motifs is 1. The quantitative estimate of drug-likeness (QED) is 0.636. The number of aliphatic hydroxyl groups is 1. The summed E-state index contributed by atoms with van der Waals surface area (Å²) >= 11 is 0. The first kappa shape index (κ1) is 19.5. The lowest BCUT2D eigenvalue weighted by Gasteiger charge is -2.24. The van der Waals surface area contributed by atoms with Crippen LogP contribution in [0.5, 0.6) is 0 Å². The maximum absolute atomic E-state index is 14.8. The summed E-state index contributed by atoms with van der Waals surface area (Å²) in [6.07, 6.45) is -3.65. The Labute approximate surface area is 164 Å². The number of rotatable bonds is 4. The summed E-state index contributed by atoms with van der Waals surface area (Å²) in [5.74, 6) is -1.62. The van der Waals surface area contributed by atoms with Crippen molar-refractivity contribution in [3.63, 3.8) is 0 Å². The number of carbonyl (C=O) groups excluding carboxylic acids is 2. The first-order valence-electron chi connectivity index (χ1n) is 8.99. The van der Waals surface area contributed by atoms with Gasteiger partial charge in [-0.15, -0.1) is 0 Å². The largest absolute Gasteiger partial charge is 0.453 e. The van der Waals surface area contributed by atoms with E-state index in [0.717, 1.165) is 12.1 Å². The van der Waals surface area contributed by atoms with Gasteiger partial charge in [-0.3, -0.25) is 0 Å². The zero-order chi connectivity index (χ0) is 20.7. The number of hydrogen-bond donors (Lipinski definition) is 3. The first-order chi connectivity index (χ1) is 13.9. The molecule has 0 bridgehead atoms. The maximum atomic E-state index is 14.8. The molecule has 3 fully saturated rings. The van der Waals surface area contributed by atoms with Crippen LogP contribution in [-0.2, 0) is 14.2 Å². The SMILES string of the molecule is COC(=O)NC[C@H]1CN(c2cc(F)c(N3C[C@@H]4OC(=O)N[C@@H]4C3)c(F)c2)C(O)O1. The van der Waals surface area contributed by atoms with Crippen LogP contribution in [0.1, 0.15) is 0 Å². The van der Waals surface area contributed by atoms with E-state index in [1.807, 2.05) is 0 Å². The molecule has 12 heteroatoms. The summed E-state index contributed by atoms with van der Waals surface area (Å²) in [5.41, 5.74) is -0.125. The predicted octanol–water partition coefficient (Wildman–Crippen LogP) is 0.0989. The molecule has 3 aliphatic heterocycles. The normalized spacial score (nSPS) is 28.2. The Morgan fingerprint density at radius 1 is 1.34 bits per heavy atom. The van der Waals surface area contributed by atoms with Crippen molar-refractivity contribution in [2.24, 2.45) is 0 Å². The first-order valence-corrected chi connectivity index (χ1v) is 8.99. The van der Waals surface area contributed by atoms with E-state index >= 15 is 0 Å². The van der Waals surface area contributed by atoms with Crippen LogP contribution >= 0.6 is 0 Å². The highest BCUT2D eigenvalue weighted by Gasteiger charge is 2.43. The zero-order valence-electron chi connectivity index (χ0n) is 15.4. The number of ether oxygens (including phenoxy) is 3. The lowest BCUT2D eigenvalue weighted by atomic mass is 10.2. The van der Waals surface area contributed by atoms with Crippen molar-refractivity contribution in [2.75, 3.05) is 43.1 Å². The van der Waals surface area contributed by atoms with Crippen molar-refractivity contribution in [2.45, 2.75) is 24.7 Å². The molecule has 1 unspecified atom stereocenters. The average Bonchev–Trinajstić information content (AvgIpc) is 3.31. The summed E-state index contributed by atoms with van der Waals surface area (Å²) in [5, 5.41) is 15.1. The van der Waals surface area contributed by atoms with Crippen molar-refractivity contribution in [1.29, 1.82) is 0 Å². The van der Waals surface area contributed by atoms with Gasteiger partial charge in [0.1, 0.15) is 11.8 Å². The van der Waals surface area contributed by atoms with Crippen LogP contribution in [0, 0.1) is 11.6 Å². The fourth-order valence-corrected chi connectivity index (χ4v) is 3.77. The third-order valence-electron chi connectivity index (χ3n) is 5.12. The summed E-state index contributed by atoms with van der Waals surface area (Å²) in [6, 6.07) is 1.89. The van der Waals surface area contributed by atoms with Crippen molar-refractivity contribution >= 4 is 23.6 Å². The summed E-state index contributed by atoms with van der Waals surface area (Å²) in [7, 11) is 1.21. The van der Waals surface area contributed by atoms with Crippen molar-refractivity contribution in [3.8, 4) is 0 Å². The summed E-state index contributed by atoms with van der Waals surface area (Å²) in [4.78, 5) is 25.1. The minimum Gasteiger partial charge on any atom is -0.453 e. The molecule has 1 aromatic rings. The van der Waals surface area contributed by atoms with Gasteiger partial charge >= 0.3 is 12.2 Å². The molecule has 3 N–H and O–H groups in total. The zero-order valence-corrected chi connectivity index (χ0v) is 15.4. The van der Waals surface area contributed by atoms with Crippen LogP contribution in [0.3, 0.4) is 0 Å². The number of nitrogens with zero attached hydrogens (tertiary/aromatic N) is 2. The highest BCUT2D eigenvalue weighted by Crippen LogP contribution is 2.34. The van der Waals surface area contributed by atoms with Gasteiger partial charge in [0.15, 0.2) is 11.6 Å². The molecule has 0 radical (unpaired) electrons. The molecule has 1 aromatic carbocycles. The summed E-state index contributed by atoms with van der Waals surface area (Å²) in [6.45, 7) is 0.566. The van der Waals surface area contributed by atoms with E-state index in [1.54, 1.807) is 0 Å². The molecule has 3 saturated heterocycles. The Bertz CT molecular complexity index is 788. The van der Waals surface area contributed by atoms with Gasteiger partial charge in [-0.1, -0.05) is 0 Å². The number of amides is 2. The van der Waals surface area contributed by atoms with Gasteiger partial charge < -0.3 is 39.8 Å². The molecule has 0 aromatic heterocycles. The van der Waals surface area contributed by atoms with Gasteiger partial charge in [0, 0.05) is 18.8 Å². The third kappa shape index (κ3) is 3.72. The molecule has 0 spiro atoms. The number of hydrogen-bond acceptors (Lipinski definition) is 8. The molecule has 3 heterocycles. The molecular formula is C17H20F2N4O6.